The molecule has 1 atom stereocenters. The van der Waals surface area contributed by atoms with E-state index in [1.54, 1.807) is 6.08 Å². The average molecular weight is 341 g/mol. The Morgan fingerprint density at radius 1 is 1.26 bits per heavy atom. The summed E-state index contributed by atoms with van der Waals surface area (Å²) < 4.78 is 0. The van der Waals surface area contributed by atoms with E-state index in [2.05, 4.69) is 10.3 Å². The monoisotopic (exact) mass is 340 g/mol. The number of benzene rings is 1. The number of aliphatic carboxylic acids is 1. The molecule has 23 heavy (non-hydrogen) atoms. The zero-order chi connectivity index (χ0) is 16.4. The number of rotatable bonds is 8. The summed E-state index contributed by atoms with van der Waals surface area (Å²) in [6.07, 6.45) is 3.63. The number of nitrogens with zero attached hydrogens (tertiary/aromatic N) is 1. The average Bonchev–Trinajstić information content (AvgIpc) is 2.48. The lowest BCUT2D eigenvalue weighted by Crippen LogP contribution is -2.40. The first-order chi connectivity index (χ1) is 10.5. The van der Waals surface area contributed by atoms with E-state index >= 15 is 0 Å². The Balaban J connectivity index is 0.00000484. The number of nitrogens with two attached hydrogens (primary N) is 2. The van der Waals surface area contributed by atoms with Gasteiger partial charge in [0.2, 0.25) is 5.91 Å². The summed E-state index contributed by atoms with van der Waals surface area (Å²) in [4.78, 5) is 26.6. The molecule has 0 saturated heterocycles. The summed E-state index contributed by atoms with van der Waals surface area (Å²) >= 11 is 0. The van der Waals surface area contributed by atoms with Gasteiger partial charge < -0.3 is 21.9 Å². The molecule has 126 valence electrons. The number of amides is 1. The third-order valence-electron chi connectivity index (χ3n) is 2.79. The Kier molecular flexibility index (Phi) is 9.86. The highest BCUT2D eigenvalue weighted by Gasteiger charge is 2.18. The van der Waals surface area contributed by atoms with Gasteiger partial charge in [0.15, 0.2) is 5.96 Å². The Hall–Kier alpha value is -2.54. The molecule has 0 fully saturated rings. The van der Waals surface area contributed by atoms with Gasteiger partial charge in [-0.3, -0.25) is 9.79 Å². The van der Waals surface area contributed by atoms with E-state index in [-0.39, 0.29) is 24.8 Å². The first kappa shape index (κ1) is 20.5. The number of carbonyl (C=O) groups excluding carboxylic acids is 1. The molecule has 0 aliphatic carbocycles. The highest BCUT2D eigenvalue weighted by Crippen LogP contribution is 2.02. The van der Waals surface area contributed by atoms with Crippen molar-refractivity contribution >= 4 is 36.3 Å². The lowest BCUT2D eigenvalue weighted by molar-refractivity contribution is -0.141. The molecule has 6 N–H and O–H groups in total. The Bertz CT molecular complexity index is 557. The molecule has 1 amide bonds. The molecular weight excluding hydrogens is 320 g/mol. The second kappa shape index (κ2) is 11.1. The summed E-state index contributed by atoms with van der Waals surface area (Å²) in [7, 11) is 0. The Morgan fingerprint density at radius 3 is 2.48 bits per heavy atom. The van der Waals surface area contributed by atoms with Gasteiger partial charge in [0.05, 0.1) is 0 Å². The van der Waals surface area contributed by atoms with Gasteiger partial charge in [-0.15, -0.1) is 12.4 Å². The largest absolute Gasteiger partial charge is 0.480 e. The van der Waals surface area contributed by atoms with Gasteiger partial charge in [-0.2, -0.15) is 0 Å². The van der Waals surface area contributed by atoms with Crippen molar-refractivity contribution in [1.82, 2.24) is 5.32 Å². The van der Waals surface area contributed by atoms with Crippen molar-refractivity contribution in [2.75, 3.05) is 6.54 Å². The molecule has 0 aromatic heterocycles. The van der Waals surface area contributed by atoms with E-state index in [9.17, 15) is 9.59 Å². The van der Waals surface area contributed by atoms with Gasteiger partial charge in [-0.05, 0) is 24.5 Å². The van der Waals surface area contributed by atoms with Crippen LogP contribution in [0.15, 0.2) is 41.4 Å². The van der Waals surface area contributed by atoms with Crippen LogP contribution in [0.3, 0.4) is 0 Å². The zero-order valence-corrected chi connectivity index (χ0v) is 13.3. The first-order valence-corrected chi connectivity index (χ1v) is 6.81. The molecular formula is C15H21ClN4O3. The second-order valence-electron chi connectivity index (χ2n) is 4.59. The smallest absolute Gasteiger partial charge is 0.326 e. The van der Waals surface area contributed by atoms with Crippen LogP contribution in [0.25, 0.3) is 6.08 Å². The molecule has 1 aromatic rings. The van der Waals surface area contributed by atoms with Crippen LogP contribution in [0.2, 0.25) is 0 Å². The predicted octanol–water partition coefficient (Wildman–Crippen LogP) is 0.745. The minimum Gasteiger partial charge on any atom is -0.480 e. The Labute approximate surface area is 140 Å². The zero-order valence-electron chi connectivity index (χ0n) is 12.5. The van der Waals surface area contributed by atoms with E-state index in [4.69, 9.17) is 16.6 Å². The number of guanidine groups is 1. The number of carboxylic acid groups (broad SMARTS) is 1. The SMILES string of the molecule is Cl.NC(N)=NCCC[C@H](NC(=O)C=Cc1ccccc1)C(=O)O. The molecule has 0 spiro atoms. The second-order valence-corrected chi connectivity index (χ2v) is 4.59. The quantitative estimate of drug-likeness (QED) is 0.240. The van der Waals surface area contributed by atoms with Crippen LogP contribution in [-0.2, 0) is 9.59 Å². The predicted molar refractivity (Wildman–Crippen MR) is 92.2 cm³/mol. The molecule has 0 bridgehead atoms. The maximum atomic E-state index is 11.7. The van der Waals surface area contributed by atoms with E-state index < -0.39 is 17.9 Å². The van der Waals surface area contributed by atoms with Gasteiger partial charge in [0, 0.05) is 12.6 Å². The number of carbonyl (C=O) groups is 2. The van der Waals surface area contributed by atoms with Crippen molar-refractivity contribution in [3.05, 3.63) is 42.0 Å². The van der Waals surface area contributed by atoms with E-state index in [0.29, 0.717) is 13.0 Å². The fourth-order valence-electron chi connectivity index (χ4n) is 1.72. The minimum absolute atomic E-state index is 0. The van der Waals surface area contributed by atoms with Crippen molar-refractivity contribution in [3.63, 3.8) is 0 Å². The molecule has 0 aliphatic rings. The van der Waals surface area contributed by atoms with Crippen LogP contribution >= 0.6 is 12.4 Å². The molecule has 0 saturated carbocycles. The van der Waals surface area contributed by atoms with Gasteiger partial charge in [-0.1, -0.05) is 30.3 Å². The van der Waals surface area contributed by atoms with Crippen molar-refractivity contribution in [3.8, 4) is 0 Å². The number of aliphatic imine (C=N–C) groups is 1. The molecule has 0 unspecified atom stereocenters. The molecule has 0 radical (unpaired) electrons. The fourth-order valence-corrected chi connectivity index (χ4v) is 1.72. The van der Waals surface area contributed by atoms with E-state index in [0.717, 1.165) is 5.56 Å². The highest BCUT2D eigenvalue weighted by atomic mass is 35.5. The fraction of sp³-hybridized carbons (Fsp3) is 0.267. The number of hydrogen-bond acceptors (Lipinski definition) is 3. The van der Waals surface area contributed by atoms with Gasteiger partial charge in [0.25, 0.3) is 0 Å². The van der Waals surface area contributed by atoms with Gasteiger partial charge >= 0.3 is 5.97 Å². The Morgan fingerprint density at radius 2 is 1.91 bits per heavy atom. The molecule has 7 nitrogen and oxygen atoms in total. The van der Waals surface area contributed by atoms with Crippen LogP contribution < -0.4 is 16.8 Å². The minimum atomic E-state index is -1.09. The molecule has 1 aromatic carbocycles. The van der Waals surface area contributed by atoms with Gasteiger partial charge in [-0.25, -0.2) is 4.79 Å². The third-order valence-corrected chi connectivity index (χ3v) is 2.79. The number of carboxylic acids is 1. The normalized spacial score (nSPS) is 11.3. The molecule has 0 heterocycles. The van der Waals surface area contributed by atoms with Crippen LogP contribution in [-0.4, -0.2) is 35.5 Å². The third kappa shape index (κ3) is 9.15. The van der Waals surface area contributed by atoms with Crippen LogP contribution in [0.1, 0.15) is 18.4 Å². The van der Waals surface area contributed by atoms with Gasteiger partial charge in [0.1, 0.15) is 6.04 Å². The topological polar surface area (TPSA) is 131 Å². The summed E-state index contributed by atoms with van der Waals surface area (Å²) in [5.74, 6) is -1.59. The summed E-state index contributed by atoms with van der Waals surface area (Å²) in [5.41, 5.74) is 11.2. The summed E-state index contributed by atoms with van der Waals surface area (Å²) in [6.45, 7) is 0.321. The summed E-state index contributed by atoms with van der Waals surface area (Å²) in [6, 6.07) is 8.28. The molecule has 0 aliphatic heterocycles. The van der Waals surface area contributed by atoms with Crippen molar-refractivity contribution in [2.24, 2.45) is 16.5 Å². The van der Waals surface area contributed by atoms with Crippen LogP contribution in [0.4, 0.5) is 0 Å². The first-order valence-electron chi connectivity index (χ1n) is 6.81. The van der Waals surface area contributed by atoms with E-state index in [1.807, 2.05) is 30.3 Å². The van der Waals surface area contributed by atoms with Crippen LogP contribution in [0, 0.1) is 0 Å². The lowest BCUT2D eigenvalue weighted by Gasteiger charge is -2.12. The maximum absolute atomic E-state index is 11.7. The number of nitrogens with one attached hydrogen (secondary N) is 1. The van der Waals surface area contributed by atoms with Crippen molar-refractivity contribution in [1.29, 1.82) is 0 Å². The maximum Gasteiger partial charge on any atom is 0.326 e. The van der Waals surface area contributed by atoms with Crippen molar-refractivity contribution < 1.29 is 14.7 Å². The molecule has 8 heteroatoms. The lowest BCUT2D eigenvalue weighted by atomic mass is 10.1. The number of hydrogen-bond donors (Lipinski definition) is 4. The standard InChI is InChI=1S/C15H20N4O3.ClH/c16-15(17)18-10-4-7-12(14(21)22)19-13(20)9-8-11-5-2-1-3-6-11;/h1-3,5-6,8-9,12H,4,7,10H2,(H,19,20)(H,21,22)(H4,16,17,18);1H/t12-;/m0./s1. The van der Waals surface area contributed by atoms with E-state index in [1.165, 1.54) is 6.08 Å². The van der Waals surface area contributed by atoms with Crippen molar-refractivity contribution in [2.45, 2.75) is 18.9 Å². The summed E-state index contributed by atoms with van der Waals surface area (Å²) in [5, 5.41) is 11.5. The number of halogens is 1. The molecule has 1 rings (SSSR count). The van der Waals surface area contributed by atoms with Crippen LogP contribution in [0.5, 0.6) is 0 Å². The highest BCUT2D eigenvalue weighted by molar-refractivity contribution is 5.94.